The average molecular weight is 397 g/mol. The van der Waals surface area contributed by atoms with Gasteiger partial charge in [0.2, 0.25) is 10.0 Å². The van der Waals surface area contributed by atoms with Crippen LogP contribution in [0.2, 0.25) is 0 Å². The molecule has 5 nitrogen and oxygen atoms in total. The number of benzene rings is 1. The van der Waals surface area contributed by atoms with Gasteiger partial charge in [0.25, 0.3) is 0 Å². The maximum absolute atomic E-state index is 12.0. The highest BCUT2D eigenvalue weighted by Crippen LogP contribution is 2.14. The highest BCUT2D eigenvalue weighted by atomic mass is 127. The molecule has 1 aromatic carbocycles. The summed E-state index contributed by atoms with van der Waals surface area (Å²) >= 11 is 2.08. The third-order valence-electron chi connectivity index (χ3n) is 2.74. The van der Waals surface area contributed by atoms with Crippen LogP contribution in [0.1, 0.15) is 13.8 Å². The van der Waals surface area contributed by atoms with Gasteiger partial charge >= 0.3 is 5.97 Å². The molecule has 0 saturated carbocycles. The molecule has 0 radical (unpaired) electrons. The fraction of sp³-hybridized carbons (Fsp3) is 0.417. The molecule has 0 aliphatic rings. The van der Waals surface area contributed by atoms with Crippen molar-refractivity contribution in [3.8, 4) is 0 Å². The summed E-state index contributed by atoms with van der Waals surface area (Å²) in [5.74, 6) is -1.88. The first-order chi connectivity index (χ1) is 8.74. The third kappa shape index (κ3) is 4.73. The van der Waals surface area contributed by atoms with E-state index in [4.69, 9.17) is 5.11 Å². The largest absolute Gasteiger partial charge is 0.481 e. The van der Waals surface area contributed by atoms with E-state index in [1.165, 1.54) is 12.1 Å². The minimum atomic E-state index is -3.66. The Kier molecular flexibility index (Phi) is 5.75. The number of carboxylic acid groups (broad SMARTS) is 1. The first-order valence-electron chi connectivity index (χ1n) is 5.72. The molecular formula is C12H16INO4S. The van der Waals surface area contributed by atoms with Crippen LogP contribution in [0.4, 0.5) is 0 Å². The summed E-state index contributed by atoms with van der Waals surface area (Å²) in [6, 6.07) is 6.36. The summed E-state index contributed by atoms with van der Waals surface area (Å²) < 4.78 is 27.3. The van der Waals surface area contributed by atoms with Gasteiger partial charge in [0.05, 0.1) is 10.8 Å². The van der Waals surface area contributed by atoms with Gasteiger partial charge in [-0.3, -0.25) is 4.79 Å². The van der Waals surface area contributed by atoms with Gasteiger partial charge in [-0.2, -0.15) is 0 Å². The molecule has 0 aliphatic heterocycles. The van der Waals surface area contributed by atoms with E-state index in [0.29, 0.717) is 0 Å². The molecule has 2 N–H and O–H groups in total. The fourth-order valence-corrected chi connectivity index (χ4v) is 2.92. The Balaban J connectivity index is 2.80. The lowest BCUT2D eigenvalue weighted by Crippen LogP contribution is -2.35. The minimum Gasteiger partial charge on any atom is -0.481 e. The summed E-state index contributed by atoms with van der Waals surface area (Å²) in [5, 5.41) is 9.01. The zero-order chi connectivity index (χ0) is 14.6. The average Bonchev–Trinajstić information content (AvgIpc) is 2.28. The Morgan fingerprint density at radius 3 is 2.26 bits per heavy atom. The molecular weight excluding hydrogens is 381 g/mol. The molecule has 0 bridgehead atoms. The van der Waals surface area contributed by atoms with Gasteiger partial charge in [-0.1, -0.05) is 13.8 Å². The van der Waals surface area contributed by atoms with E-state index in [-0.39, 0.29) is 17.4 Å². The van der Waals surface area contributed by atoms with Gasteiger partial charge in [0.1, 0.15) is 0 Å². The Bertz CT molecular complexity index is 539. The second-order valence-corrected chi connectivity index (χ2v) is 7.51. The quantitative estimate of drug-likeness (QED) is 0.719. The monoisotopic (exact) mass is 397 g/mol. The van der Waals surface area contributed by atoms with Gasteiger partial charge in [-0.05, 0) is 52.8 Å². The predicted molar refractivity (Wildman–Crippen MR) is 80.3 cm³/mol. The highest BCUT2D eigenvalue weighted by Gasteiger charge is 2.24. The van der Waals surface area contributed by atoms with E-state index in [1.807, 2.05) is 0 Å². The van der Waals surface area contributed by atoms with Crippen LogP contribution in [-0.2, 0) is 14.8 Å². The second kappa shape index (κ2) is 6.67. The summed E-state index contributed by atoms with van der Waals surface area (Å²) in [7, 11) is -3.66. The van der Waals surface area contributed by atoms with Gasteiger partial charge < -0.3 is 5.11 Å². The molecule has 106 valence electrons. The number of aliphatic carboxylic acids is 1. The van der Waals surface area contributed by atoms with Crippen LogP contribution < -0.4 is 4.72 Å². The van der Waals surface area contributed by atoms with Gasteiger partial charge in [-0.25, -0.2) is 13.1 Å². The number of hydrogen-bond donors (Lipinski definition) is 2. The predicted octanol–water partition coefficient (Wildman–Crippen LogP) is 1.93. The summed E-state index contributed by atoms with van der Waals surface area (Å²) in [5.41, 5.74) is 0. The van der Waals surface area contributed by atoms with Crippen LogP contribution in [-0.4, -0.2) is 26.0 Å². The van der Waals surface area contributed by atoms with Crippen LogP contribution in [0.15, 0.2) is 29.2 Å². The number of hydrogen-bond acceptors (Lipinski definition) is 3. The maximum atomic E-state index is 12.0. The molecule has 0 heterocycles. The Hall–Kier alpha value is -0.670. The van der Waals surface area contributed by atoms with Crippen molar-refractivity contribution >= 4 is 38.6 Å². The summed E-state index contributed by atoms with van der Waals surface area (Å²) in [6.45, 7) is 3.39. The van der Waals surface area contributed by atoms with Crippen LogP contribution in [0, 0.1) is 15.4 Å². The van der Waals surface area contributed by atoms with Crippen molar-refractivity contribution in [2.75, 3.05) is 6.54 Å². The number of halogens is 1. The molecule has 19 heavy (non-hydrogen) atoms. The van der Waals surface area contributed by atoms with Crippen LogP contribution >= 0.6 is 22.6 Å². The lowest BCUT2D eigenvalue weighted by atomic mass is 9.97. The van der Waals surface area contributed by atoms with Gasteiger partial charge in [-0.15, -0.1) is 0 Å². The van der Waals surface area contributed by atoms with Crippen molar-refractivity contribution in [2.45, 2.75) is 18.7 Å². The van der Waals surface area contributed by atoms with E-state index in [9.17, 15) is 13.2 Å². The molecule has 0 aliphatic carbocycles. The smallest absolute Gasteiger partial charge is 0.308 e. The van der Waals surface area contributed by atoms with Crippen molar-refractivity contribution in [1.82, 2.24) is 4.72 Å². The van der Waals surface area contributed by atoms with Gasteiger partial charge in [0, 0.05) is 10.1 Å². The van der Waals surface area contributed by atoms with E-state index in [2.05, 4.69) is 27.3 Å². The first-order valence-corrected chi connectivity index (χ1v) is 8.28. The van der Waals surface area contributed by atoms with Crippen molar-refractivity contribution in [2.24, 2.45) is 11.8 Å². The SMILES string of the molecule is CC(C)C(CNS(=O)(=O)c1ccc(I)cc1)C(=O)O. The fourth-order valence-electron chi connectivity index (χ4n) is 1.50. The summed E-state index contributed by atoms with van der Waals surface area (Å²) in [4.78, 5) is 11.1. The molecule has 1 unspecified atom stereocenters. The number of nitrogens with one attached hydrogen (secondary N) is 1. The van der Waals surface area contributed by atoms with Crippen molar-refractivity contribution in [1.29, 1.82) is 0 Å². The van der Waals surface area contributed by atoms with Crippen LogP contribution in [0.5, 0.6) is 0 Å². The van der Waals surface area contributed by atoms with Crippen LogP contribution in [0.25, 0.3) is 0 Å². The highest BCUT2D eigenvalue weighted by molar-refractivity contribution is 14.1. The second-order valence-electron chi connectivity index (χ2n) is 4.49. The Morgan fingerprint density at radius 2 is 1.84 bits per heavy atom. The number of sulfonamides is 1. The molecule has 0 aromatic heterocycles. The standard InChI is InChI=1S/C12H16INO4S/c1-8(2)11(12(15)16)7-14-19(17,18)10-5-3-9(13)4-6-10/h3-6,8,11,14H,7H2,1-2H3,(H,15,16). The molecule has 7 heteroatoms. The normalized spacial score (nSPS) is 13.5. The molecule has 1 atom stereocenters. The summed E-state index contributed by atoms with van der Waals surface area (Å²) in [6.07, 6.45) is 0. The molecule has 0 amide bonds. The van der Waals surface area contributed by atoms with E-state index in [1.54, 1.807) is 26.0 Å². The lowest BCUT2D eigenvalue weighted by molar-refractivity contribution is -0.142. The Morgan fingerprint density at radius 1 is 1.32 bits per heavy atom. The number of carbonyl (C=O) groups is 1. The molecule has 0 saturated heterocycles. The van der Waals surface area contributed by atoms with Crippen molar-refractivity contribution in [3.05, 3.63) is 27.8 Å². The first kappa shape index (κ1) is 16.4. The Labute approximate surface area is 126 Å². The van der Waals surface area contributed by atoms with Gasteiger partial charge in [0.15, 0.2) is 0 Å². The van der Waals surface area contributed by atoms with E-state index in [0.717, 1.165) is 3.57 Å². The number of rotatable bonds is 6. The van der Waals surface area contributed by atoms with Crippen LogP contribution in [0.3, 0.4) is 0 Å². The zero-order valence-electron chi connectivity index (χ0n) is 10.6. The lowest BCUT2D eigenvalue weighted by Gasteiger charge is -2.16. The van der Waals surface area contributed by atoms with Crippen molar-refractivity contribution in [3.63, 3.8) is 0 Å². The maximum Gasteiger partial charge on any atom is 0.308 e. The zero-order valence-corrected chi connectivity index (χ0v) is 13.6. The minimum absolute atomic E-state index is 0.110. The van der Waals surface area contributed by atoms with Crippen molar-refractivity contribution < 1.29 is 18.3 Å². The number of carboxylic acids is 1. The third-order valence-corrected chi connectivity index (χ3v) is 4.90. The molecule has 1 aromatic rings. The molecule has 0 spiro atoms. The molecule has 1 rings (SSSR count). The van der Waals surface area contributed by atoms with E-state index >= 15 is 0 Å². The topological polar surface area (TPSA) is 83.5 Å². The van der Waals surface area contributed by atoms with E-state index < -0.39 is 21.9 Å². The molecule has 0 fully saturated rings.